The van der Waals surface area contributed by atoms with Crippen molar-refractivity contribution < 1.29 is 5.11 Å². The monoisotopic (exact) mass is 228 g/mol. The summed E-state index contributed by atoms with van der Waals surface area (Å²) in [6.07, 6.45) is 4.77. The number of benzene rings is 1. The molecule has 2 rings (SSSR count). The second kappa shape index (κ2) is 5.07. The fraction of sp³-hybridized carbons (Fsp3) is 0.0833. The van der Waals surface area contributed by atoms with Gasteiger partial charge in [-0.25, -0.2) is 15.4 Å². The maximum absolute atomic E-state index is 9.58. The molecule has 2 N–H and O–H groups in total. The molecule has 0 unspecified atom stereocenters. The van der Waals surface area contributed by atoms with Crippen molar-refractivity contribution in [1.82, 2.24) is 9.97 Å². The number of hydrogen-bond acceptors (Lipinski definition) is 5. The van der Waals surface area contributed by atoms with Crippen molar-refractivity contribution in [3.05, 3.63) is 47.8 Å². The zero-order valence-electron chi connectivity index (χ0n) is 9.33. The Balaban J connectivity index is 2.08. The number of aromatic hydroxyl groups is 1. The van der Waals surface area contributed by atoms with Crippen LogP contribution in [0.5, 0.6) is 5.75 Å². The minimum atomic E-state index is 0.190. The zero-order chi connectivity index (χ0) is 12.1. The van der Waals surface area contributed by atoms with Crippen molar-refractivity contribution in [2.75, 3.05) is 5.43 Å². The summed E-state index contributed by atoms with van der Waals surface area (Å²) in [5.41, 5.74) is 4.38. The van der Waals surface area contributed by atoms with Crippen LogP contribution in [0.1, 0.15) is 11.1 Å². The molecule has 0 bridgehead atoms. The first kappa shape index (κ1) is 11.1. The lowest BCUT2D eigenvalue weighted by Crippen LogP contribution is -1.95. The molecule has 1 aromatic heterocycles. The van der Waals surface area contributed by atoms with Gasteiger partial charge >= 0.3 is 0 Å². The first-order chi connectivity index (χ1) is 8.25. The van der Waals surface area contributed by atoms with Gasteiger partial charge in [-0.15, -0.1) is 0 Å². The van der Waals surface area contributed by atoms with Gasteiger partial charge in [-0.1, -0.05) is 11.6 Å². The van der Waals surface area contributed by atoms with Crippen molar-refractivity contribution >= 4 is 12.2 Å². The Hall–Kier alpha value is -2.43. The van der Waals surface area contributed by atoms with Gasteiger partial charge < -0.3 is 5.11 Å². The second-order valence-electron chi connectivity index (χ2n) is 3.50. The predicted molar refractivity (Wildman–Crippen MR) is 66.1 cm³/mol. The summed E-state index contributed by atoms with van der Waals surface area (Å²) in [6.45, 7) is 1.95. The van der Waals surface area contributed by atoms with Gasteiger partial charge in [0, 0.05) is 18.0 Å². The van der Waals surface area contributed by atoms with Crippen molar-refractivity contribution in [2.45, 2.75) is 6.92 Å². The number of hydrazone groups is 1. The Labute approximate surface area is 98.9 Å². The number of rotatable bonds is 3. The van der Waals surface area contributed by atoms with Gasteiger partial charge in [0.25, 0.3) is 0 Å². The molecule has 5 heteroatoms. The smallest absolute Gasteiger partial charge is 0.243 e. The van der Waals surface area contributed by atoms with Gasteiger partial charge in [0.05, 0.1) is 6.21 Å². The van der Waals surface area contributed by atoms with Crippen LogP contribution in [-0.4, -0.2) is 21.3 Å². The summed E-state index contributed by atoms with van der Waals surface area (Å²) in [4.78, 5) is 7.90. The Bertz CT molecular complexity index is 525. The highest BCUT2D eigenvalue weighted by molar-refractivity contribution is 5.83. The standard InChI is InChI=1S/C12H12N4O/c1-9-3-4-11(17)10(7-9)8-15-16-12-13-5-2-6-14-12/h2-8,17H,1H3,(H,13,14,16). The molecule has 0 saturated heterocycles. The molecule has 86 valence electrons. The average molecular weight is 228 g/mol. The molecule has 1 aromatic carbocycles. The molecule has 0 fully saturated rings. The Morgan fingerprint density at radius 2 is 2.06 bits per heavy atom. The van der Waals surface area contributed by atoms with Gasteiger partial charge in [-0.3, -0.25) is 0 Å². The van der Waals surface area contributed by atoms with Crippen LogP contribution in [0.2, 0.25) is 0 Å². The van der Waals surface area contributed by atoms with E-state index in [-0.39, 0.29) is 5.75 Å². The Morgan fingerprint density at radius 1 is 1.29 bits per heavy atom. The average Bonchev–Trinajstić information content (AvgIpc) is 2.35. The van der Waals surface area contributed by atoms with E-state index >= 15 is 0 Å². The van der Waals surface area contributed by atoms with Crippen LogP contribution in [0.15, 0.2) is 41.8 Å². The summed E-state index contributed by atoms with van der Waals surface area (Å²) in [6, 6.07) is 7.03. The van der Waals surface area contributed by atoms with Gasteiger partial charge in [0.1, 0.15) is 5.75 Å². The third-order valence-electron chi connectivity index (χ3n) is 2.12. The number of phenols is 1. The molecule has 0 aliphatic carbocycles. The molecule has 5 nitrogen and oxygen atoms in total. The van der Waals surface area contributed by atoms with Crippen LogP contribution in [-0.2, 0) is 0 Å². The third kappa shape index (κ3) is 3.01. The van der Waals surface area contributed by atoms with Crippen molar-refractivity contribution in [3.63, 3.8) is 0 Å². The van der Waals surface area contributed by atoms with Crippen molar-refractivity contribution in [3.8, 4) is 5.75 Å². The molecule has 2 aromatic rings. The minimum absolute atomic E-state index is 0.190. The van der Waals surface area contributed by atoms with Crippen LogP contribution in [0.3, 0.4) is 0 Å². The number of aryl methyl sites for hydroxylation is 1. The topological polar surface area (TPSA) is 70.4 Å². The summed E-state index contributed by atoms with van der Waals surface area (Å²) in [5, 5.41) is 13.5. The number of aromatic nitrogens is 2. The molecular formula is C12H12N4O. The first-order valence-corrected chi connectivity index (χ1v) is 5.11. The molecule has 0 aliphatic rings. The minimum Gasteiger partial charge on any atom is -0.507 e. The lowest BCUT2D eigenvalue weighted by molar-refractivity contribution is 0.474. The highest BCUT2D eigenvalue weighted by Crippen LogP contribution is 2.15. The molecule has 0 radical (unpaired) electrons. The number of nitrogens with one attached hydrogen (secondary N) is 1. The van der Waals surface area contributed by atoms with E-state index in [0.29, 0.717) is 11.5 Å². The number of anilines is 1. The van der Waals surface area contributed by atoms with E-state index in [9.17, 15) is 5.11 Å². The van der Waals surface area contributed by atoms with Gasteiger partial charge in [-0.05, 0) is 25.1 Å². The molecule has 0 atom stereocenters. The lowest BCUT2D eigenvalue weighted by atomic mass is 10.1. The van der Waals surface area contributed by atoms with Gasteiger partial charge in [0.15, 0.2) is 0 Å². The van der Waals surface area contributed by atoms with Crippen LogP contribution >= 0.6 is 0 Å². The second-order valence-corrected chi connectivity index (χ2v) is 3.50. The fourth-order valence-electron chi connectivity index (χ4n) is 1.29. The number of phenolic OH excluding ortho intramolecular Hbond substituents is 1. The van der Waals surface area contributed by atoms with E-state index < -0.39 is 0 Å². The molecule has 0 amide bonds. The van der Waals surface area contributed by atoms with Gasteiger partial charge in [0.2, 0.25) is 5.95 Å². The Morgan fingerprint density at radius 3 is 2.82 bits per heavy atom. The largest absolute Gasteiger partial charge is 0.507 e. The van der Waals surface area contributed by atoms with E-state index in [1.54, 1.807) is 24.5 Å². The van der Waals surface area contributed by atoms with Gasteiger partial charge in [-0.2, -0.15) is 5.10 Å². The molecule has 17 heavy (non-hydrogen) atoms. The molecule has 0 aliphatic heterocycles. The summed E-state index contributed by atoms with van der Waals surface area (Å²) < 4.78 is 0. The number of nitrogens with zero attached hydrogens (tertiary/aromatic N) is 3. The summed E-state index contributed by atoms with van der Waals surface area (Å²) >= 11 is 0. The zero-order valence-corrected chi connectivity index (χ0v) is 9.33. The predicted octanol–water partition coefficient (Wildman–Crippen LogP) is 1.94. The summed E-state index contributed by atoms with van der Waals surface area (Å²) in [5.74, 6) is 0.603. The van der Waals surface area contributed by atoms with E-state index in [1.807, 2.05) is 19.1 Å². The highest BCUT2D eigenvalue weighted by Gasteiger charge is 1.97. The number of hydrogen-bond donors (Lipinski definition) is 2. The SMILES string of the molecule is Cc1ccc(O)c(C=NNc2ncccn2)c1. The maximum Gasteiger partial charge on any atom is 0.243 e. The molecular weight excluding hydrogens is 216 g/mol. The maximum atomic E-state index is 9.58. The van der Waals surface area contributed by atoms with Crippen molar-refractivity contribution in [1.29, 1.82) is 0 Å². The highest BCUT2D eigenvalue weighted by atomic mass is 16.3. The van der Waals surface area contributed by atoms with E-state index in [4.69, 9.17) is 0 Å². The van der Waals surface area contributed by atoms with E-state index in [0.717, 1.165) is 5.56 Å². The first-order valence-electron chi connectivity index (χ1n) is 5.11. The quantitative estimate of drug-likeness (QED) is 0.622. The molecule has 1 heterocycles. The van der Waals surface area contributed by atoms with E-state index in [2.05, 4.69) is 20.5 Å². The molecule has 0 spiro atoms. The van der Waals surface area contributed by atoms with Crippen LogP contribution in [0, 0.1) is 6.92 Å². The van der Waals surface area contributed by atoms with E-state index in [1.165, 1.54) is 6.21 Å². The Kier molecular flexibility index (Phi) is 3.30. The van der Waals surface area contributed by atoms with Crippen LogP contribution in [0.25, 0.3) is 0 Å². The summed E-state index contributed by atoms with van der Waals surface area (Å²) in [7, 11) is 0. The lowest BCUT2D eigenvalue weighted by Gasteiger charge is -2.00. The molecule has 0 saturated carbocycles. The van der Waals surface area contributed by atoms with Crippen molar-refractivity contribution in [2.24, 2.45) is 5.10 Å². The normalized spacial score (nSPS) is 10.6. The third-order valence-corrected chi connectivity index (χ3v) is 2.12. The van der Waals surface area contributed by atoms with Crippen LogP contribution < -0.4 is 5.43 Å². The van der Waals surface area contributed by atoms with Crippen LogP contribution in [0.4, 0.5) is 5.95 Å². The fourth-order valence-corrected chi connectivity index (χ4v) is 1.29.